The van der Waals surface area contributed by atoms with E-state index in [2.05, 4.69) is 27.1 Å². The van der Waals surface area contributed by atoms with Gasteiger partial charge in [0.1, 0.15) is 16.8 Å². The predicted molar refractivity (Wildman–Crippen MR) is 70.5 cm³/mol. The van der Waals surface area contributed by atoms with Crippen molar-refractivity contribution in [2.45, 2.75) is 32.7 Å². The maximum absolute atomic E-state index is 5.90. The summed E-state index contributed by atoms with van der Waals surface area (Å²) in [6, 6.07) is 2.40. The first-order valence-electron chi connectivity index (χ1n) is 6.18. The topological polar surface area (TPSA) is 41.0 Å². The molecule has 1 aliphatic rings. The summed E-state index contributed by atoms with van der Waals surface area (Å²) in [4.78, 5) is 10.9. The zero-order chi connectivity index (χ0) is 12.3. The largest absolute Gasteiger partial charge is 0.368 e. The van der Waals surface area contributed by atoms with E-state index in [1.807, 2.05) is 6.92 Å². The highest BCUT2D eigenvalue weighted by molar-refractivity contribution is 6.29. The van der Waals surface area contributed by atoms with Gasteiger partial charge in [-0.3, -0.25) is 4.90 Å². The van der Waals surface area contributed by atoms with Crippen molar-refractivity contribution in [2.75, 3.05) is 25.0 Å². The summed E-state index contributed by atoms with van der Waals surface area (Å²) in [6.45, 7) is 7.33. The van der Waals surface area contributed by atoms with Gasteiger partial charge in [-0.2, -0.15) is 0 Å². The van der Waals surface area contributed by atoms with Gasteiger partial charge in [0.25, 0.3) is 0 Å². The van der Waals surface area contributed by atoms with Crippen LogP contribution in [-0.2, 0) is 0 Å². The zero-order valence-corrected chi connectivity index (χ0v) is 11.2. The Balaban J connectivity index is 1.93. The maximum Gasteiger partial charge on any atom is 0.134 e. The molecule has 0 bridgehead atoms. The van der Waals surface area contributed by atoms with E-state index < -0.39 is 0 Å². The Morgan fingerprint density at radius 1 is 1.53 bits per heavy atom. The summed E-state index contributed by atoms with van der Waals surface area (Å²) in [5.41, 5.74) is 0. The third kappa shape index (κ3) is 3.30. The molecule has 17 heavy (non-hydrogen) atoms. The fraction of sp³-hybridized carbons (Fsp3) is 0.667. The molecule has 0 saturated carbocycles. The van der Waals surface area contributed by atoms with E-state index in [0.29, 0.717) is 17.0 Å². The van der Waals surface area contributed by atoms with Gasteiger partial charge < -0.3 is 5.32 Å². The molecule has 1 aromatic rings. The third-order valence-electron chi connectivity index (χ3n) is 3.23. The van der Waals surface area contributed by atoms with Crippen LogP contribution >= 0.6 is 11.6 Å². The van der Waals surface area contributed by atoms with Crippen LogP contribution in [0.15, 0.2) is 6.07 Å². The van der Waals surface area contributed by atoms with Crippen LogP contribution in [-0.4, -0.2) is 40.5 Å². The van der Waals surface area contributed by atoms with Crippen molar-refractivity contribution in [1.29, 1.82) is 0 Å². The summed E-state index contributed by atoms with van der Waals surface area (Å²) >= 11 is 5.90. The van der Waals surface area contributed by atoms with E-state index in [1.54, 1.807) is 6.07 Å². The second-order valence-electron chi connectivity index (χ2n) is 4.43. The number of rotatable bonds is 4. The Hall–Kier alpha value is -0.870. The lowest BCUT2D eigenvalue weighted by Crippen LogP contribution is -2.34. The Morgan fingerprint density at radius 3 is 3.06 bits per heavy atom. The number of likely N-dealkylation sites (N-methyl/N-ethyl adjacent to an activating group) is 1. The van der Waals surface area contributed by atoms with Gasteiger partial charge in [-0.15, -0.1) is 0 Å². The first kappa shape index (κ1) is 12.6. The number of hydrogen-bond acceptors (Lipinski definition) is 4. The minimum absolute atomic E-state index is 0.499. The monoisotopic (exact) mass is 254 g/mol. The lowest BCUT2D eigenvalue weighted by Gasteiger charge is -2.23. The van der Waals surface area contributed by atoms with E-state index >= 15 is 0 Å². The highest BCUT2D eigenvalue weighted by atomic mass is 35.5. The van der Waals surface area contributed by atoms with E-state index in [0.717, 1.165) is 18.9 Å². The fourth-order valence-electron chi connectivity index (χ4n) is 2.39. The van der Waals surface area contributed by atoms with Crippen molar-refractivity contribution in [3.63, 3.8) is 0 Å². The SMILES string of the molecule is CCN1CCC[C@H]1CNc1cc(Cl)nc(C)n1. The molecule has 1 aromatic heterocycles. The maximum atomic E-state index is 5.90. The molecule has 0 unspecified atom stereocenters. The molecule has 0 radical (unpaired) electrons. The lowest BCUT2D eigenvalue weighted by atomic mass is 10.2. The van der Waals surface area contributed by atoms with Gasteiger partial charge in [-0.05, 0) is 32.9 Å². The number of likely N-dealkylation sites (tertiary alicyclic amines) is 1. The molecule has 1 N–H and O–H groups in total. The van der Waals surface area contributed by atoms with Gasteiger partial charge in [-0.1, -0.05) is 18.5 Å². The van der Waals surface area contributed by atoms with E-state index in [9.17, 15) is 0 Å². The number of hydrogen-bond donors (Lipinski definition) is 1. The quantitative estimate of drug-likeness (QED) is 0.838. The Bertz CT molecular complexity index is 363. The first-order valence-corrected chi connectivity index (χ1v) is 6.56. The summed E-state index contributed by atoms with van der Waals surface area (Å²) in [5.74, 6) is 1.53. The average Bonchev–Trinajstić information content (AvgIpc) is 2.72. The molecule has 94 valence electrons. The highest BCUT2D eigenvalue weighted by Crippen LogP contribution is 2.17. The van der Waals surface area contributed by atoms with Crippen LogP contribution in [0.4, 0.5) is 5.82 Å². The van der Waals surface area contributed by atoms with Crippen molar-refractivity contribution in [2.24, 2.45) is 0 Å². The lowest BCUT2D eigenvalue weighted by molar-refractivity contribution is 0.277. The van der Waals surface area contributed by atoms with Gasteiger partial charge in [0.15, 0.2) is 0 Å². The van der Waals surface area contributed by atoms with Crippen LogP contribution in [0.2, 0.25) is 5.15 Å². The minimum atomic E-state index is 0.499. The molecular weight excluding hydrogens is 236 g/mol. The highest BCUT2D eigenvalue weighted by Gasteiger charge is 2.22. The number of nitrogens with one attached hydrogen (secondary N) is 1. The molecule has 0 amide bonds. The van der Waals surface area contributed by atoms with Crippen molar-refractivity contribution in [3.8, 4) is 0 Å². The molecule has 0 aliphatic carbocycles. The fourth-order valence-corrected chi connectivity index (χ4v) is 2.61. The smallest absolute Gasteiger partial charge is 0.134 e. The normalized spacial score (nSPS) is 20.8. The van der Waals surface area contributed by atoms with Gasteiger partial charge in [0.05, 0.1) is 0 Å². The second kappa shape index (κ2) is 5.65. The number of aromatic nitrogens is 2. The van der Waals surface area contributed by atoms with E-state index in [1.165, 1.54) is 19.4 Å². The molecule has 5 heteroatoms. The molecule has 1 atom stereocenters. The summed E-state index contributed by atoms with van der Waals surface area (Å²) in [6.07, 6.45) is 2.56. The molecule has 1 fully saturated rings. The average molecular weight is 255 g/mol. The van der Waals surface area contributed by atoms with Crippen LogP contribution in [0.3, 0.4) is 0 Å². The summed E-state index contributed by atoms with van der Waals surface area (Å²) < 4.78 is 0. The van der Waals surface area contributed by atoms with Gasteiger partial charge in [0, 0.05) is 18.7 Å². The predicted octanol–water partition coefficient (Wildman–Crippen LogP) is 2.33. The third-order valence-corrected chi connectivity index (χ3v) is 3.42. The summed E-state index contributed by atoms with van der Waals surface area (Å²) in [5, 5.41) is 3.85. The van der Waals surface area contributed by atoms with Gasteiger partial charge in [-0.25, -0.2) is 9.97 Å². The van der Waals surface area contributed by atoms with Crippen LogP contribution in [0.5, 0.6) is 0 Å². The molecule has 2 rings (SSSR count). The number of anilines is 1. The first-order chi connectivity index (χ1) is 8.19. The van der Waals surface area contributed by atoms with Crippen LogP contribution < -0.4 is 5.32 Å². The Morgan fingerprint density at radius 2 is 2.35 bits per heavy atom. The Labute approximate surface area is 107 Å². The molecule has 0 aromatic carbocycles. The summed E-state index contributed by atoms with van der Waals surface area (Å²) in [7, 11) is 0. The minimum Gasteiger partial charge on any atom is -0.368 e. The van der Waals surface area contributed by atoms with Crippen molar-refractivity contribution < 1.29 is 0 Å². The number of halogens is 1. The van der Waals surface area contributed by atoms with E-state index in [-0.39, 0.29) is 0 Å². The van der Waals surface area contributed by atoms with Crippen LogP contribution in [0.1, 0.15) is 25.6 Å². The van der Waals surface area contributed by atoms with Crippen molar-refractivity contribution in [1.82, 2.24) is 14.9 Å². The number of nitrogens with zero attached hydrogens (tertiary/aromatic N) is 3. The molecule has 4 nitrogen and oxygen atoms in total. The van der Waals surface area contributed by atoms with E-state index in [4.69, 9.17) is 11.6 Å². The molecule has 1 saturated heterocycles. The number of aryl methyl sites for hydroxylation is 1. The van der Waals surface area contributed by atoms with Gasteiger partial charge in [0.2, 0.25) is 0 Å². The van der Waals surface area contributed by atoms with Crippen LogP contribution in [0, 0.1) is 6.92 Å². The molecule has 0 spiro atoms. The van der Waals surface area contributed by atoms with Crippen LogP contribution in [0.25, 0.3) is 0 Å². The zero-order valence-electron chi connectivity index (χ0n) is 10.4. The Kier molecular flexibility index (Phi) is 4.18. The standard InChI is InChI=1S/C12H19ClN4/c1-3-17-6-4-5-10(17)8-14-12-7-11(13)15-9(2)16-12/h7,10H,3-6,8H2,1-2H3,(H,14,15,16)/t10-/m0/s1. The molecule has 2 heterocycles. The van der Waals surface area contributed by atoms with Crippen molar-refractivity contribution in [3.05, 3.63) is 17.0 Å². The van der Waals surface area contributed by atoms with Crippen molar-refractivity contribution >= 4 is 17.4 Å². The second-order valence-corrected chi connectivity index (χ2v) is 4.82. The molecular formula is C12H19ClN4. The van der Waals surface area contributed by atoms with Gasteiger partial charge >= 0.3 is 0 Å². The molecule has 1 aliphatic heterocycles.